The molecule has 0 amide bonds. The number of para-hydroxylation sites is 6. The quantitative estimate of drug-likeness (QED) is 0.173. The summed E-state index contributed by atoms with van der Waals surface area (Å²) in [5.41, 5.74) is 17.2. The van der Waals surface area contributed by atoms with Gasteiger partial charge < -0.3 is 0 Å². The fourth-order valence-corrected chi connectivity index (χ4v) is 10.7. The van der Waals surface area contributed by atoms with Gasteiger partial charge in [0.2, 0.25) is 5.78 Å². The average molecular weight is 847 g/mol. The number of pyridine rings is 3. The molecule has 15 aromatic rings. The minimum atomic E-state index is 0.868. The van der Waals surface area contributed by atoms with Crippen molar-refractivity contribution in [2.45, 2.75) is 0 Å². The van der Waals surface area contributed by atoms with Crippen molar-refractivity contribution in [2.75, 3.05) is 0 Å². The summed E-state index contributed by atoms with van der Waals surface area (Å²) in [4.78, 5) is 20.3. The van der Waals surface area contributed by atoms with Crippen LogP contribution in [0.1, 0.15) is 0 Å². The molecule has 0 unspecified atom stereocenters. The lowest BCUT2D eigenvalue weighted by Crippen LogP contribution is -2.04. The third kappa shape index (κ3) is 4.63. The molecular formula is C56H34N10. The second-order valence-corrected chi connectivity index (χ2v) is 16.8. The fraction of sp³-hybridized carbons (Fsp3) is 0. The molecule has 0 aliphatic heterocycles. The van der Waals surface area contributed by atoms with Crippen LogP contribution in [0.4, 0.5) is 0 Å². The van der Waals surface area contributed by atoms with Crippen molar-refractivity contribution in [3.8, 4) is 28.4 Å². The highest BCUT2D eigenvalue weighted by Gasteiger charge is 2.27. The van der Waals surface area contributed by atoms with Crippen molar-refractivity contribution in [3.05, 3.63) is 207 Å². The summed E-state index contributed by atoms with van der Waals surface area (Å²) in [6, 6.07) is 66.4. The Labute approximate surface area is 374 Å². The van der Waals surface area contributed by atoms with Crippen LogP contribution in [0.5, 0.6) is 0 Å². The highest BCUT2D eigenvalue weighted by Crippen LogP contribution is 2.44. The molecule has 15 rings (SSSR count). The minimum Gasteiger partial charge on any atom is -0.295 e. The molecule has 9 aromatic heterocycles. The zero-order valence-corrected chi connectivity index (χ0v) is 35.1. The molecule has 0 atom stereocenters. The van der Waals surface area contributed by atoms with Crippen LogP contribution in [0.15, 0.2) is 207 Å². The Kier molecular flexibility index (Phi) is 7.01. The number of hydrogen-bond acceptors (Lipinski definition) is 4. The first kappa shape index (κ1) is 35.2. The third-order valence-corrected chi connectivity index (χ3v) is 13.3. The number of hydrogen-bond donors (Lipinski definition) is 0. The van der Waals surface area contributed by atoms with Gasteiger partial charge in [0.25, 0.3) is 0 Å². The first-order chi connectivity index (χ1) is 32.8. The maximum atomic E-state index is 5.21. The second-order valence-electron chi connectivity index (χ2n) is 16.8. The average Bonchev–Trinajstić information content (AvgIpc) is 4.21. The van der Waals surface area contributed by atoms with Crippen molar-refractivity contribution in [3.63, 3.8) is 0 Å². The predicted octanol–water partition coefficient (Wildman–Crippen LogP) is 12.7. The van der Waals surface area contributed by atoms with Crippen LogP contribution in [0, 0.1) is 0 Å². The van der Waals surface area contributed by atoms with E-state index in [1.807, 2.05) is 36.8 Å². The first-order valence-corrected chi connectivity index (χ1v) is 22.1. The molecule has 0 radical (unpaired) electrons. The SMILES string of the molecule is c1ccc(-n2c3cccnc3c3c4ncccc4n(-c4ccc5c(c4)c4c6cccnc6n(-c6ccccc6)c4n5-c4cccc(-n5c6ccccc6n6c7ccccc7nc56)c4)c32)cc1. The van der Waals surface area contributed by atoms with Gasteiger partial charge in [-0.25, -0.2) is 9.97 Å². The molecule has 0 N–H and O–H groups in total. The zero-order chi connectivity index (χ0) is 43.0. The van der Waals surface area contributed by atoms with Crippen molar-refractivity contribution >= 4 is 93.9 Å². The molecule has 66 heavy (non-hydrogen) atoms. The van der Waals surface area contributed by atoms with Gasteiger partial charge in [0, 0.05) is 57.5 Å². The lowest BCUT2D eigenvalue weighted by Gasteiger charge is -2.15. The van der Waals surface area contributed by atoms with Crippen LogP contribution in [0.3, 0.4) is 0 Å². The molecule has 0 bridgehead atoms. The molecule has 10 nitrogen and oxygen atoms in total. The lowest BCUT2D eigenvalue weighted by atomic mass is 10.1. The smallest absolute Gasteiger partial charge is 0.220 e. The van der Waals surface area contributed by atoms with Crippen molar-refractivity contribution in [1.82, 2.24) is 47.2 Å². The first-order valence-electron chi connectivity index (χ1n) is 22.1. The number of benzene rings is 6. The van der Waals surface area contributed by atoms with E-state index in [1.54, 1.807) is 0 Å². The van der Waals surface area contributed by atoms with Crippen molar-refractivity contribution in [1.29, 1.82) is 0 Å². The zero-order valence-electron chi connectivity index (χ0n) is 35.1. The highest BCUT2D eigenvalue weighted by atomic mass is 15.2. The molecule has 0 saturated carbocycles. The van der Waals surface area contributed by atoms with Gasteiger partial charge in [0.1, 0.15) is 28.0 Å². The molecule has 0 spiro atoms. The Morgan fingerprint density at radius 1 is 0.318 bits per heavy atom. The van der Waals surface area contributed by atoms with Gasteiger partial charge in [-0.05, 0) is 121 Å². The molecular weight excluding hydrogens is 813 g/mol. The lowest BCUT2D eigenvalue weighted by molar-refractivity contribution is 1.04. The second kappa shape index (κ2) is 13.1. The van der Waals surface area contributed by atoms with Crippen molar-refractivity contribution in [2.24, 2.45) is 0 Å². The van der Waals surface area contributed by atoms with Crippen LogP contribution in [-0.4, -0.2) is 47.2 Å². The van der Waals surface area contributed by atoms with E-state index in [9.17, 15) is 0 Å². The standard InChI is InChI=1S/C56H34N10/c1-3-15-35(16-4-1)61-47-26-13-30-57-51(47)50-52-48(27-14-31-58-52)63(55(50)61)39-28-29-43-41(34-39)49-40-21-12-32-59-53(40)65(36-17-5-2-6-18-36)54(49)62(43)37-19-11-20-38(33-37)64-45-24-9-10-25-46(45)66-44-23-8-7-22-42(44)60-56(64)66/h1-34H. The van der Waals surface area contributed by atoms with E-state index in [2.05, 4.69) is 197 Å². The topological polar surface area (TPSA) is 80.6 Å². The minimum absolute atomic E-state index is 0.868. The molecule has 0 saturated heterocycles. The number of aromatic nitrogens is 10. The van der Waals surface area contributed by atoms with Gasteiger partial charge in [0.05, 0.1) is 49.7 Å². The van der Waals surface area contributed by atoms with E-state index in [0.29, 0.717) is 0 Å². The molecule has 10 heteroatoms. The molecule has 308 valence electrons. The number of imidazole rings is 2. The van der Waals surface area contributed by atoms with E-state index in [-0.39, 0.29) is 0 Å². The number of nitrogens with zero attached hydrogens (tertiary/aromatic N) is 10. The van der Waals surface area contributed by atoms with Gasteiger partial charge in [-0.2, -0.15) is 0 Å². The van der Waals surface area contributed by atoms with E-state index in [1.165, 1.54) is 0 Å². The van der Waals surface area contributed by atoms with Crippen LogP contribution in [0.2, 0.25) is 0 Å². The van der Waals surface area contributed by atoms with E-state index in [0.717, 1.165) is 122 Å². The van der Waals surface area contributed by atoms with Crippen LogP contribution < -0.4 is 0 Å². The van der Waals surface area contributed by atoms with Gasteiger partial charge in [0.15, 0.2) is 0 Å². The Morgan fingerprint density at radius 3 is 1.62 bits per heavy atom. The summed E-state index contributed by atoms with van der Waals surface area (Å²) in [6.07, 6.45) is 5.64. The van der Waals surface area contributed by atoms with Gasteiger partial charge >= 0.3 is 0 Å². The number of fused-ring (bicyclic) bond motifs is 15. The monoisotopic (exact) mass is 846 g/mol. The summed E-state index contributed by atoms with van der Waals surface area (Å²) in [5.74, 6) is 0.868. The highest BCUT2D eigenvalue weighted by molar-refractivity contribution is 6.23. The third-order valence-electron chi connectivity index (χ3n) is 13.3. The summed E-state index contributed by atoms with van der Waals surface area (Å²) in [6.45, 7) is 0. The van der Waals surface area contributed by atoms with Crippen molar-refractivity contribution < 1.29 is 0 Å². The largest absolute Gasteiger partial charge is 0.295 e. The summed E-state index contributed by atoms with van der Waals surface area (Å²) < 4.78 is 14.0. The fourth-order valence-electron chi connectivity index (χ4n) is 10.7. The Bertz CT molecular complexity index is 4460. The van der Waals surface area contributed by atoms with Gasteiger partial charge in [-0.15, -0.1) is 0 Å². The Morgan fingerprint density at radius 2 is 0.864 bits per heavy atom. The summed E-state index contributed by atoms with van der Waals surface area (Å²) in [5, 5.41) is 4.32. The Hall–Kier alpha value is -9.28. The van der Waals surface area contributed by atoms with E-state index in [4.69, 9.17) is 19.9 Å². The summed E-state index contributed by atoms with van der Waals surface area (Å²) >= 11 is 0. The van der Waals surface area contributed by atoms with Crippen LogP contribution in [0.25, 0.3) is 122 Å². The summed E-state index contributed by atoms with van der Waals surface area (Å²) in [7, 11) is 0. The molecule has 0 fully saturated rings. The van der Waals surface area contributed by atoms with E-state index >= 15 is 0 Å². The normalized spacial score (nSPS) is 12.2. The maximum Gasteiger partial charge on any atom is 0.220 e. The Balaban J connectivity index is 1.06. The molecule has 6 aromatic carbocycles. The van der Waals surface area contributed by atoms with Crippen LogP contribution >= 0.6 is 0 Å². The molecule has 0 aliphatic rings. The number of rotatable bonds is 5. The van der Waals surface area contributed by atoms with Gasteiger partial charge in [-0.1, -0.05) is 66.7 Å². The van der Waals surface area contributed by atoms with E-state index < -0.39 is 0 Å². The molecule has 0 aliphatic carbocycles. The van der Waals surface area contributed by atoms with Crippen LogP contribution in [-0.2, 0) is 0 Å². The maximum absolute atomic E-state index is 5.21. The molecule has 9 heterocycles. The van der Waals surface area contributed by atoms with Gasteiger partial charge in [-0.3, -0.25) is 37.2 Å². The predicted molar refractivity (Wildman–Crippen MR) is 265 cm³/mol.